The summed E-state index contributed by atoms with van der Waals surface area (Å²) < 4.78 is 15.5. The van der Waals surface area contributed by atoms with Gasteiger partial charge in [0.15, 0.2) is 5.11 Å². The lowest BCUT2D eigenvalue weighted by molar-refractivity contribution is 0.626. The monoisotopic (exact) mass is 457 g/mol. The summed E-state index contributed by atoms with van der Waals surface area (Å²) in [7, 11) is 0. The number of halogens is 1. The van der Waals surface area contributed by atoms with E-state index in [0.29, 0.717) is 35.4 Å². The van der Waals surface area contributed by atoms with Crippen LogP contribution in [0.1, 0.15) is 43.3 Å². The third-order valence-electron chi connectivity index (χ3n) is 4.78. The lowest BCUT2D eigenvalue weighted by atomic mass is 10.1. The van der Waals surface area contributed by atoms with Crippen LogP contribution in [0.5, 0.6) is 0 Å². The summed E-state index contributed by atoms with van der Waals surface area (Å²) in [6, 6.07) is 8.61. The molecule has 1 aromatic carbocycles. The van der Waals surface area contributed by atoms with E-state index in [2.05, 4.69) is 48.9 Å². The first-order valence-electron chi connectivity index (χ1n) is 10.5. The lowest BCUT2D eigenvalue weighted by Gasteiger charge is -2.13. The molecule has 172 valence electrons. The molecule has 4 N–H and O–H groups in total. The lowest BCUT2D eigenvalue weighted by Crippen LogP contribution is -2.33. The molecule has 0 aliphatic carbocycles. The molecule has 0 aliphatic heterocycles. The van der Waals surface area contributed by atoms with Gasteiger partial charge in [-0.15, -0.1) is 0 Å². The number of hydrogen-bond acceptors (Lipinski definition) is 5. The number of nitrogens with zero attached hydrogens (tertiary/aromatic N) is 3. The number of rotatable bonds is 10. The van der Waals surface area contributed by atoms with Crippen molar-refractivity contribution in [1.82, 2.24) is 26.1 Å². The van der Waals surface area contributed by atoms with Crippen molar-refractivity contribution in [3.05, 3.63) is 71.1 Å². The SMILES string of the molecule is C=C(NCC)N/N=C(/C(C)=N/NC(=S)NCC)c1cc(C)n(Cc2ccc(F)cc2)c1C. The third-order valence-corrected chi connectivity index (χ3v) is 5.02. The molecule has 0 radical (unpaired) electrons. The van der Waals surface area contributed by atoms with Gasteiger partial charge in [-0.2, -0.15) is 10.2 Å². The number of thiocarbonyl (C=S) groups is 1. The molecule has 0 atom stereocenters. The molecular weight excluding hydrogens is 425 g/mol. The Labute approximate surface area is 194 Å². The van der Waals surface area contributed by atoms with Crippen LogP contribution in [0.2, 0.25) is 0 Å². The predicted molar refractivity (Wildman–Crippen MR) is 134 cm³/mol. The Kier molecular flexibility index (Phi) is 9.39. The number of hydrazone groups is 2. The second kappa shape index (κ2) is 12.0. The van der Waals surface area contributed by atoms with E-state index in [1.165, 1.54) is 12.1 Å². The molecule has 2 aromatic rings. The predicted octanol–water partition coefficient (Wildman–Crippen LogP) is 3.53. The van der Waals surface area contributed by atoms with Crippen LogP contribution in [0.4, 0.5) is 4.39 Å². The largest absolute Gasteiger partial charge is 0.371 e. The van der Waals surface area contributed by atoms with Crippen LogP contribution >= 0.6 is 12.2 Å². The summed E-state index contributed by atoms with van der Waals surface area (Å²) >= 11 is 5.21. The molecule has 0 amide bonds. The van der Waals surface area contributed by atoms with Gasteiger partial charge in [-0.25, -0.2) is 4.39 Å². The molecule has 1 heterocycles. The Hall–Kier alpha value is -3.20. The first-order chi connectivity index (χ1) is 15.3. The van der Waals surface area contributed by atoms with Crippen molar-refractivity contribution in [1.29, 1.82) is 0 Å². The van der Waals surface area contributed by atoms with Crippen LogP contribution in [-0.2, 0) is 6.54 Å². The Balaban J connectivity index is 2.40. The fraction of sp³-hybridized carbons (Fsp3) is 0.348. The Morgan fingerprint density at radius 1 is 1.06 bits per heavy atom. The highest BCUT2D eigenvalue weighted by Gasteiger charge is 2.17. The van der Waals surface area contributed by atoms with E-state index >= 15 is 0 Å². The zero-order valence-electron chi connectivity index (χ0n) is 19.3. The van der Waals surface area contributed by atoms with Gasteiger partial charge < -0.3 is 15.2 Å². The van der Waals surface area contributed by atoms with Gasteiger partial charge in [0.25, 0.3) is 0 Å². The molecule has 0 unspecified atom stereocenters. The second-order valence-electron chi connectivity index (χ2n) is 7.25. The Morgan fingerprint density at radius 2 is 1.72 bits per heavy atom. The normalized spacial score (nSPS) is 11.8. The average Bonchev–Trinajstić information content (AvgIpc) is 3.02. The minimum atomic E-state index is -0.244. The van der Waals surface area contributed by atoms with E-state index in [1.807, 2.05) is 34.6 Å². The summed E-state index contributed by atoms with van der Waals surface area (Å²) in [5.41, 5.74) is 11.2. The Morgan fingerprint density at radius 3 is 2.34 bits per heavy atom. The van der Waals surface area contributed by atoms with E-state index in [-0.39, 0.29) is 5.82 Å². The van der Waals surface area contributed by atoms with Gasteiger partial charge >= 0.3 is 0 Å². The average molecular weight is 458 g/mol. The standard InChI is InChI=1S/C23H32FN7S/c1-7-25-18(6)28-29-22(16(4)27-30-23(32)26-8-2)21-13-15(3)31(17(21)5)14-19-9-11-20(24)12-10-19/h9-13,25,28H,6-8,14H2,1-5H3,(H2,26,30,32)/b27-16+,29-22-. The van der Waals surface area contributed by atoms with Crippen molar-refractivity contribution in [2.24, 2.45) is 10.2 Å². The highest BCUT2D eigenvalue weighted by Crippen LogP contribution is 2.19. The summed E-state index contributed by atoms with van der Waals surface area (Å²) in [4.78, 5) is 0. The minimum Gasteiger partial charge on any atom is -0.371 e. The van der Waals surface area contributed by atoms with Gasteiger partial charge in [0.05, 0.1) is 5.71 Å². The van der Waals surface area contributed by atoms with Crippen LogP contribution in [0, 0.1) is 19.7 Å². The van der Waals surface area contributed by atoms with Gasteiger partial charge in [-0.05, 0) is 70.6 Å². The third kappa shape index (κ3) is 6.91. The minimum absolute atomic E-state index is 0.244. The maximum absolute atomic E-state index is 13.3. The quantitative estimate of drug-likeness (QED) is 0.249. The van der Waals surface area contributed by atoms with Gasteiger partial charge in [0.2, 0.25) is 0 Å². The van der Waals surface area contributed by atoms with Crippen molar-refractivity contribution in [2.45, 2.75) is 41.2 Å². The van der Waals surface area contributed by atoms with Crippen molar-refractivity contribution in [3.8, 4) is 0 Å². The van der Waals surface area contributed by atoms with E-state index in [0.717, 1.165) is 29.1 Å². The second-order valence-corrected chi connectivity index (χ2v) is 7.66. The van der Waals surface area contributed by atoms with Crippen molar-refractivity contribution in [3.63, 3.8) is 0 Å². The van der Waals surface area contributed by atoms with Crippen molar-refractivity contribution in [2.75, 3.05) is 13.1 Å². The Bertz CT molecular complexity index is 1010. The molecule has 9 heteroatoms. The highest BCUT2D eigenvalue weighted by molar-refractivity contribution is 7.80. The van der Waals surface area contributed by atoms with Crippen LogP contribution < -0.4 is 21.5 Å². The van der Waals surface area contributed by atoms with E-state index in [4.69, 9.17) is 12.2 Å². The topological polar surface area (TPSA) is 77.8 Å². The van der Waals surface area contributed by atoms with E-state index in [9.17, 15) is 4.39 Å². The molecule has 0 saturated heterocycles. The van der Waals surface area contributed by atoms with E-state index in [1.54, 1.807) is 12.1 Å². The zero-order valence-corrected chi connectivity index (χ0v) is 20.2. The first kappa shape index (κ1) is 25.1. The molecule has 7 nitrogen and oxygen atoms in total. The summed E-state index contributed by atoms with van der Waals surface area (Å²) in [6.07, 6.45) is 0. The van der Waals surface area contributed by atoms with Crippen LogP contribution in [0.15, 0.2) is 52.9 Å². The smallest absolute Gasteiger partial charge is 0.186 e. The first-order valence-corrected chi connectivity index (χ1v) is 10.9. The molecule has 0 bridgehead atoms. The van der Waals surface area contributed by atoms with Gasteiger partial charge in [-0.3, -0.25) is 10.9 Å². The molecule has 0 saturated carbocycles. The number of aryl methyl sites for hydroxylation is 1. The summed E-state index contributed by atoms with van der Waals surface area (Å²) in [6.45, 7) is 15.9. The molecule has 0 fully saturated rings. The fourth-order valence-corrected chi connectivity index (χ4v) is 3.35. The highest BCUT2D eigenvalue weighted by atomic mass is 32.1. The number of hydrogen-bond donors (Lipinski definition) is 4. The molecule has 1 aromatic heterocycles. The van der Waals surface area contributed by atoms with Gasteiger partial charge in [-0.1, -0.05) is 18.7 Å². The van der Waals surface area contributed by atoms with Gasteiger partial charge in [0, 0.05) is 36.6 Å². The maximum atomic E-state index is 13.3. The number of nitrogens with one attached hydrogen (secondary N) is 4. The molecule has 0 aliphatic rings. The van der Waals surface area contributed by atoms with E-state index < -0.39 is 0 Å². The summed E-state index contributed by atoms with van der Waals surface area (Å²) in [5, 5.41) is 15.5. The molecule has 2 rings (SSSR count). The van der Waals surface area contributed by atoms with Crippen molar-refractivity contribution >= 4 is 28.8 Å². The number of benzene rings is 1. The molecule has 0 spiro atoms. The van der Waals surface area contributed by atoms with Crippen LogP contribution in [0.25, 0.3) is 0 Å². The van der Waals surface area contributed by atoms with Crippen molar-refractivity contribution < 1.29 is 4.39 Å². The molecule has 32 heavy (non-hydrogen) atoms. The number of aromatic nitrogens is 1. The van der Waals surface area contributed by atoms with Crippen LogP contribution in [0.3, 0.4) is 0 Å². The molecular formula is C23H32FN7S. The maximum Gasteiger partial charge on any atom is 0.186 e. The van der Waals surface area contributed by atoms with Crippen LogP contribution in [-0.4, -0.2) is 34.2 Å². The zero-order chi connectivity index (χ0) is 23.7. The van der Waals surface area contributed by atoms with Gasteiger partial charge in [0.1, 0.15) is 17.3 Å². The summed E-state index contributed by atoms with van der Waals surface area (Å²) in [5.74, 6) is 0.348. The fourth-order valence-electron chi connectivity index (χ4n) is 3.16.